The predicted octanol–water partition coefficient (Wildman–Crippen LogP) is 3.96. The highest BCUT2D eigenvalue weighted by Gasteiger charge is 2.18. The van der Waals surface area contributed by atoms with Gasteiger partial charge in [0.15, 0.2) is 11.0 Å². The first-order valence-corrected chi connectivity index (χ1v) is 8.77. The minimum absolute atomic E-state index is 0.510. The number of hydrogen-bond donors (Lipinski definition) is 1. The van der Waals surface area contributed by atoms with E-state index in [1.165, 1.54) is 5.39 Å². The zero-order chi connectivity index (χ0) is 16.2. The predicted molar refractivity (Wildman–Crippen MR) is 94.8 cm³/mol. The van der Waals surface area contributed by atoms with Gasteiger partial charge in [0.2, 0.25) is 0 Å². The van der Waals surface area contributed by atoms with Crippen molar-refractivity contribution in [3.8, 4) is 11.4 Å². The molecule has 5 nitrogen and oxygen atoms in total. The summed E-state index contributed by atoms with van der Waals surface area (Å²) in [6, 6.07) is 8.26. The van der Waals surface area contributed by atoms with E-state index in [-0.39, 0.29) is 0 Å². The van der Waals surface area contributed by atoms with Gasteiger partial charge < -0.3 is 9.72 Å². The van der Waals surface area contributed by atoms with Gasteiger partial charge in [0, 0.05) is 35.0 Å². The number of nitrogens with zero attached hydrogens (tertiary/aromatic N) is 3. The maximum Gasteiger partial charge on any atom is 0.191 e. The van der Waals surface area contributed by atoms with Gasteiger partial charge in [-0.1, -0.05) is 43.8 Å². The molecule has 2 heterocycles. The summed E-state index contributed by atoms with van der Waals surface area (Å²) in [4.78, 5) is 3.31. The summed E-state index contributed by atoms with van der Waals surface area (Å²) in [7, 11) is 1.72. The van der Waals surface area contributed by atoms with Crippen LogP contribution in [0.5, 0.6) is 0 Å². The number of methoxy groups -OCH3 is 1. The van der Waals surface area contributed by atoms with Crippen LogP contribution in [0.3, 0.4) is 0 Å². The second kappa shape index (κ2) is 7.19. The van der Waals surface area contributed by atoms with Crippen LogP contribution in [0.25, 0.3) is 22.3 Å². The molecule has 0 aliphatic carbocycles. The van der Waals surface area contributed by atoms with Crippen LogP contribution in [0, 0.1) is 0 Å². The topological polar surface area (TPSA) is 55.7 Å². The average Bonchev–Trinajstić information content (AvgIpc) is 3.16. The highest BCUT2D eigenvalue weighted by Crippen LogP contribution is 2.31. The summed E-state index contributed by atoms with van der Waals surface area (Å²) in [6.07, 6.45) is 3.11. The van der Waals surface area contributed by atoms with Gasteiger partial charge in [-0.05, 0) is 12.5 Å². The van der Waals surface area contributed by atoms with E-state index in [1.807, 2.05) is 18.3 Å². The summed E-state index contributed by atoms with van der Waals surface area (Å²) in [5.74, 6) is 0.894. The molecular formula is C17H22N4OS. The van der Waals surface area contributed by atoms with Crippen LogP contribution in [-0.4, -0.2) is 38.7 Å². The van der Waals surface area contributed by atoms with Crippen LogP contribution >= 0.6 is 11.8 Å². The van der Waals surface area contributed by atoms with E-state index >= 15 is 0 Å². The monoisotopic (exact) mass is 330 g/mol. The lowest BCUT2D eigenvalue weighted by molar-refractivity contribution is 0.185. The van der Waals surface area contributed by atoms with E-state index in [0.717, 1.165) is 35.0 Å². The number of nitrogens with one attached hydrogen (secondary N) is 1. The van der Waals surface area contributed by atoms with Gasteiger partial charge >= 0.3 is 0 Å². The molecule has 0 saturated carbocycles. The molecule has 122 valence electrons. The summed E-state index contributed by atoms with van der Waals surface area (Å²) in [5, 5.41) is 11.5. The molecule has 3 rings (SSSR count). The van der Waals surface area contributed by atoms with Crippen molar-refractivity contribution in [3.63, 3.8) is 0 Å². The molecule has 1 aromatic carbocycles. The van der Waals surface area contributed by atoms with Crippen molar-refractivity contribution in [3.05, 3.63) is 30.5 Å². The SMILES string of the molecule is CC[C@@H](C)Sc1nnc(-c2c[nH]c3ccccc23)n1CCOC. The Labute approximate surface area is 140 Å². The van der Waals surface area contributed by atoms with Gasteiger partial charge in [-0.25, -0.2) is 0 Å². The zero-order valence-corrected chi connectivity index (χ0v) is 14.6. The first-order valence-electron chi connectivity index (χ1n) is 7.89. The minimum Gasteiger partial charge on any atom is -0.383 e. The van der Waals surface area contributed by atoms with Crippen LogP contribution in [0.2, 0.25) is 0 Å². The molecule has 23 heavy (non-hydrogen) atoms. The van der Waals surface area contributed by atoms with Crippen LogP contribution in [0.1, 0.15) is 20.3 Å². The maximum atomic E-state index is 5.27. The van der Waals surface area contributed by atoms with Crippen molar-refractivity contribution in [2.45, 2.75) is 37.2 Å². The van der Waals surface area contributed by atoms with Gasteiger partial charge in [0.1, 0.15) is 0 Å². The van der Waals surface area contributed by atoms with E-state index < -0.39 is 0 Å². The van der Waals surface area contributed by atoms with Crippen molar-refractivity contribution in [1.29, 1.82) is 0 Å². The Bertz CT molecular complexity index is 780. The molecule has 0 fully saturated rings. The standard InChI is InChI=1S/C17H22N4OS/c1-4-12(2)23-17-20-19-16(21(17)9-10-22-3)14-11-18-15-8-6-5-7-13(14)15/h5-8,11-12,18H,4,9-10H2,1-3H3/t12-/m1/s1. The number of aromatic amines is 1. The number of rotatable bonds is 7. The Balaban J connectivity index is 2.04. The molecule has 1 N–H and O–H groups in total. The summed E-state index contributed by atoms with van der Waals surface area (Å²) < 4.78 is 7.43. The Kier molecular flexibility index (Phi) is 5.03. The molecule has 0 aliphatic rings. The Morgan fingerprint density at radius 1 is 1.30 bits per heavy atom. The van der Waals surface area contributed by atoms with Crippen LogP contribution in [0.4, 0.5) is 0 Å². The number of ether oxygens (including phenoxy) is 1. The number of aromatic nitrogens is 4. The molecule has 1 atom stereocenters. The number of para-hydroxylation sites is 1. The van der Waals surface area contributed by atoms with E-state index in [2.05, 4.69) is 45.7 Å². The second-order valence-corrected chi connectivity index (χ2v) is 6.94. The van der Waals surface area contributed by atoms with Crippen molar-refractivity contribution >= 4 is 22.7 Å². The molecule has 0 radical (unpaired) electrons. The minimum atomic E-state index is 0.510. The van der Waals surface area contributed by atoms with Crippen LogP contribution in [-0.2, 0) is 11.3 Å². The van der Waals surface area contributed by atoms with Crippen molar-refractivity contribution in [2.75, 3.05) is 13.7 Å². The Morgan fingerprint density at radius 3 is 2.91 bits per heavy atom. The molecular weight excluding hydrogens is 308 g/mol. The third-order valence-corrected chi connectivity index (χ3v) is 5.20. The Hall–Kier alpha value is -1.79. The van der Waals surface area contributed by atoms with Gasteiger partial charge in [0.25, 0.3) is 0 Å². The van der Waals surface area contributed by atoms with E-state index in [9.17, 15) is 0 Å². The second-order valence-electron chi connectivity index (χ2n) is 5.54. The van der Waals surface area contributed by atoms with Crippen molar-refractivity contribution in [2.24, 2.45) is 0 Å². The summed E-state index contributed by atoms with van der Waals surface area (Å²) in [6.45, 7) is 5.79. The van der Waals surface area contributed by atoms with Crippen molar-refractivity contribution < 1.29 is 4.74 Å². The fourth-order valence-corrected chi connectivity index (χ4v) is 3.40. The van der Waals surface area contributed by atoms with Crippen LogP contribution < -0.4 is 0 Å². The molecule has 3 aromatic rings. The van der Waals surface area contributed by atoms with Gasteiger partial charge in [-0.2, -0.15) is 0 Å². The first-order chi connectivity index (χ1) is 11.2. The molecule has 0 aliphatic heterocycles. The van der Waals surface area contributed by atoms with Gasteiger partial charge in [-0.15, -0.1) is 10.2 Å². The first kappa shape index (κ1) is 16.1. The zero-order valence-electron chi connectivity index (χ0n) is 13.7. The molecule has 0 bridgehead atoms. The fourth-order valence-electron chi connectivity index (χ4n) is 2.48. The number of thioether (sulfide) groups is 1. The lowest BCUT2D eigenvalue weighted by atomic mass is 10.1. The third-order valence-electron chi connectivity index (χ3n) is 3.95. The molecule has 0 spiro atoms. The maximum absolute atomic E-state index is 5.27. The van der Waals surface area contributed by atoms with Gasteiger partial charge in [0.05, 0.1) is 13.2 Å². The smallest absolute Gasteiger partial charge is 0.191 e. The number of H-pyrrole nitrogens is 1. The molecule has 0 unspecified atom stereocenters. The quantitative estimate of drug-likeness (QED) is 0.666. The number of hydrogen-bond acceptors (Lipinski definition) is 4. The van der Waals surface area contributed by atoms with E-state index in [1.54, 1.807) is 18.9 Å². The largest absolute Gasteiger partial charge is 0.383 e. The fraction of sp³-hybridized carbons (Fsp3) is 0.412. The highest BCUT2D eigenvalue weighted by atomic mass is 32.2. The van der Waals surface area contributed by atoms with Crippen molar-refractivity contribution in [1.82, 2.24) is 19.7 Å². The summed E-state index contributed by atoms with van der Waals surface area (Å²) >= 11 is 1.77. The number of fused-ring (bicyclic) bond motifs is 1. The lowest BCUT2D eigenvalue weighted by Gasteiger charge is -2.11. The number of benzene rings is 1. The highest BCUT2D eigenvalue weighted by molar-refractivity contribution is 7.99. The average molecular weight is 330 g/mol. The molecule has 0 amide bonds. The van der Waals surface area contributed by atoms with E-state index in [0.29, 0.717) is 11.9 Å². The normalized spacial score (nSPS) is 12.8. The van der Waals surface area contributed by atoms with E-state index in [4.69, 9.17) is 4.74 Å². The molecule has 6 heteroatoms. The Morgan fingerprint density at radius 2 is 2.13 bits per heavy atom. The van der Waals surface area contributed by atoms with Gasteiger partial charge in [-0.3, -0.25) is 4.57 Å². The van der Waals surface area contributed by atoms with Crippen LogP contribution in [0.15, 0.2) is 35.6 Å². The lowest BCUT2D eigenvalue weighted by Crippen LogP contribution is -2.08. The molecule has 2 aromatic heterocycles. The third kappa shape index (κ3) is 3.28. The molecule has 0 saturated heterocycles. The summed E-state index contributed by atoms with van der Waals surface area (Å²) in [5.41, 5.74) is 2.19.